The monoisotopic (exact) mass is 402 g/mol. The smallest absolute Gasteiger partial charge is 0.308 e. The van der Waals surface area contributed by atoms with Crippen LogP contribution in [0.4, 0.5) is 0 Å². The fourth-order valence-electron chi connectivity index (χ4n) is 3.29. The highest BCUT2D eigenvalue weighted by Gasteiger charge is 2.26. The van der Waals surface area contributed by atoms with E-state index in [4.69, 9.17) is 4.74 Å². The second-order valence-corrected chi connectivity index (χ2v) is 8.97. The van der Waals surface area contributed by atoms with Crippen LogP contribution in [0.15, 0.2) is 24.3 Å². The molecule has 6 nitrogen and oxygen atoms in total. The van der Waals surface area contributed by atoms with Gasteiger partial charge in [0.1, 0.15) is 0 Å². The lowest BCUT2D eigenvalue weighted by atomic mass is 9.87. The third-order valence-electron chi connectivity index (χ3n) is 5.38. The average molecular weight is 403 g/mol. The van der Waals surface area contributed by atoms with E-state index in [-0.39, 0.29) is 30.2 Å². The number of hydrogen-bond donors (Lipinski definition) is 1. The van der Waals surface area contributed by atoms with E-state index in [0.29, 0.717) is 24.6 Å². The van der Waals surface area contributed by atoms with Crippen LogP contribution in [0.3, 0.4) is 0 Å². The normalized spacial score (nSPS) is 16.2. The molecule has 1 aromatic carbocycles. The first-order valence-corrected chi connectivity index (χ1v) is 10.4. The Labute approximate surface area is 174 Å². The Kier molecular flexibility index (Phi) is 7.82. The molecule has 0 saturated carbocycles. The van der Waals surface area contributed by atoms with Crippen LogP contribution in [0, 0.1) is 5.92 Å². The summed E-state index contributed by atoms with van der Waals surface area (Å²) in [4.78, 5) is 38.4. The molecule has 1 aliphatic rings. The standard InChI is InChI=1S/C23H34N2O4/c1-16-11-14-25(15-12-16)22(28)17(2)29-20(26)10-13-24-21(27)18-6-8-19(9-7-18)23(3,4)5/h6-9,16-17H,10-15H2,1-5H3,(H,24,27)/t17-/m0/s1. The number of hydrogen-bond acceptors (Lipinski definition) is 4. The summed E-state index contributed by atoms with van der Waals surface area (Å²) in [5.41, 5.74) is 1.73. The lowest BCUT2D eigenvalue weighted by Crippen LogP contribution is -2.44. The summed E-state index contributed by atoms with van der Waals surface area (Å²) in [5.74, 6) is -0.233. The van der Waals surface area contributed by atoms with Crippen molar-refractivity contribution >= 4 is 17.8 Å². The van der Waals surface area contributed by atoms with Gasteiger partial charge >= 0.3 is 5.97 Å². The summed E-state index contributed by atoms with van der Waals surface area (Å²) < 4.78 is 5.25. The zero-order valence-corrected chi connectivity index (χ0v) is 18.3. The number of carbonyl (C=O) groups excluding carboxylic acids is 3. The predicted octanol–water partition coefficient (Wildman–Crippen LogP) is 3.29. The van der Waals surface area contributed by atoms with Crippen molar-refractivity contribution in [3.8, 4) is 0 Å². The first-order chi connectivity index (χ1) is 13.6. The zero-order chi connectivity index (χ0) is 21.6. The molecule has 0 spiro atoms. The van der Waals surface area contributed by atoms with Crippen LogP contribution in [0.1, 0.15) is 69.8 Å². The first kappa shape index (κ1) is 22.9. The SMILES string of the molecule is CC1CCN(C(=O)[C@H](C)OC(=O)CCNC(=O)c2ccc(C(C)(C)C)cc2)CC1. The van der Waals surface area contributed by atoms with Crippen LogP contribution >= 0.6 is 0 Å². The number of nitrogens with one attached hydrogen (secondary N) is 1. The summed E-state index contributed by atoms with van der Waals surface area (Å²) in [5, 5.41) is 2.72. The van der Waals surface area contributed by atoms with Crippen LogP contribution in [-0.4, -0.2) is 48.4 Å². The number of ether oxygens (including phenoxy) is 1. The number of piperidine rings is 1. The summed E-state index contributed by atoms with van der Waals surface area (Å²) in [6.07, 6.45) is 1.20. The highest BCUT2D eigenvalue weighted by atomic mass is 16.5. The highest BCUT2D eigenvalue weighted by molar-refractivity contribution is 5.94. The second-order valence-electron chi connectivity index (χ2n) is 8.97. The molecule has 0 radical (unpaired) electrons. The fraction of sp³-hybridized carbons (Fsp3) is 0.609. The van der Waals surface area contributed by atoms with Crippen LogP contribution in [0.25, 0.3) is 0 Å². The number of esters is 1. The Morgan fingerprint density at radius 1 is 1.14 bits per heavy atom. The summed E-state index contributed by atoms with van der Waals surface area (Å²) in [6, 6.07) is 7.46. The lowest BCUT2D eigenvalue weighted by molar-refractivity contribution is -0.159. The molecule has 1 fully saturated rings. The van der Waals surface area contributed by atoms with Gasteiger partial charge in [-0.1, -0.05) is 39.8 Å². The number of carbonyl (C=O) groups is 3. The minimum atomic E-state index is -0.795. The Morgan fingerprint density at radius 3 is 2.28 bits per heavy atom. The molecular formula is C23H34N2O4. The number of rotatable bonds is 6. The minimum Gasteiger partial charge on any atom is -0.452 e. The van der Waals surface area contributed by atoms with E-state index >= 15 is 0 Å². The molecule has 1 aromatic rings. The van der Waals surface area contributed by atoms with Crippen LogP contribution in [0.5, 0.6) is 0 Å². The third-order valence-corrected chi connectivity index (χ3v) is 5.38. The molecule has 1 N–H and O–H groups in total. The van der Waals surface area contributed by atoms with Crippen molar-refractivity contribution in [1.29, 1.82) is 0 Å². The maximum absolute atomic E-state index is 12.4. The molecule has 1 atom stereocenters. The molecule has 0 aromatic heterocycles. The van der Waals surface area contributed by atoms with Gasteiger partial charge < -0.3 is 15.0 Å². The van der Waals surface area contributed by atoms with Gasteiger partial charge in [0.25, 0.3) is 11.8 Å². The van der Waals surface area contributed by atoms with E-state index in [2.05, 4.69) is 33.0 Å². The summed E-state index contributed by atoms with van der Waals surface area (Å²) in [6.45, 7) is 11.7. The van der Waals surface area contributed by atoms with Crippen LogP contribution in [-0.2, 0) is 19.7 Å². The summed E-state index contributed by atoms with van der Waals surface area (Å²) in [7, 11) is 0. The predicted molar refractivity (Wildman–Crippen MR) is 113 cm³/mol. The van der Waals surface area contributed by atoms with Crippen molar-refractivity contribution in [3.63, 3.8) is 0 Å². The molecule has 0 unspecified atom stereocenters. The van der Waals surface area contributed by atoms with Crippen LogP contribution < -0.4 is 5.32 Å². The van der Waals surface area contributed by atoms with E-state index in [1.807, 2.05) is 12.1 Å². The fourth-order valence-corrected chi connectivity index (χ4v) is 3.29. The maximum atomic E-state index is 12.4. The van der Waals surface area contributed by atoms with Crippen molar-refractivity contribution in [1.82, 2.24) is 10.2 Å². The van der Waals surface area contributed by atoms with Crippen molar-refractivity contribution in [2.45, 2.75) is 65.4 Å². The highest BCUT2D eigenvalue weighted by Crippen LogP contribution is 2.22. The van der Waals surface area contributed by atoms with Crippen molar-refractivity contribution in [2.24, 2.45) is 5.92 Å². The Hall–Kier alpha value is -2.37. The molecule has 1 saturated heterocycles. The number of likely N-dealkylation sites (tertiary alicyclic amines) is 1. The zero-order valence-electron chi connectivity index (χ0n) is 18.3. The molecule has 6 heteroatoms. The molecule has 2 amide bonds. The molecule has 29 heavy (non-hydrogen) atoms. The molecular weight excluding hydrogens is 368 g/mol. The Bertz CT molecular complexity index is 713. The third kappa shape index (κ3) is 6.87. The molecule has 0 bridgehead atoms. The van der Waals surface area contributed by atoms with Crippen LogP contribution in [0.2, 0.25) is 0 Å². The van der Waals surface area contributed by atoms with Gasteiger partial charge in [-0.05, 0) is 48.8 Å². The largest absolute Gasteiger partial charge is 0.452 e. The molecule has 1 heterocycles. The van der Waals surface area contributed by atoms with Gasteiger partial charge in [0.15, 0.2) is 6.10 Å². The molecule has 0 aliphatic carbocycles. The van der Waals surface area contributed by atoms with Gasteiger partial charge in [-0.15, -0.1) is 0 Å². The van der Waals surface area contributed by atoms with E-state index in [9.17, 15) is 14.4 Å². The number of benzene rings is 1. The van der Waals surface area contributed by atoms with Crippen molar-refractivity contribution in [2.75, 3.05) is 19.6 Å². The molecule has 160 valence electrons. The second kappa shape index (κ2) is 9.90. The lowest BCUT2D eigenvalue weighted by Gasteiger charge is -2.31. The quantitative estimate of drug-likeness (QED) is 0.741. The minimum absolute atomic E-state index is 0.0271. The average Bonchev–Trinajstić information content (AvgIpc) is 2.67. The van der Waals surface area contributed by atoms with Gasteiger partial charge in [-0.2, -0.15) is 0 Å². The maximum Gasteiger partial charge on any atom is 0.308 e. The van der Waals surface area contributed by atoms with E-state index in [1.54, 1.807) is 24.0 Å². The van der Waals surface area contributed by atoms with E-state index in [1.165, 1.54) is 0 Å². The number of nitrogens with zero attached hydrogens (tertiary/aromatic N) is 1. The van der Waals surface area contributed by atoms with Gasteiger partial charge in [0, 0.05) is 25.2 Å². The van der Waals surface area contributed by atoms with Crippen molar-refractivity contribution < 1.29 is 19.1 Å². The summed E-state index contributed by atoms with van der Waals surface area (Å²) >= 11 is 0. The Balaban J connectivity index is 1.73. The van der Waals surface area contributed by atoms with Gasteiger partial charge in [0.05, 0.1) is 6.42 Å². The number of amides is 2. The van der Waals surface area contributed by atoms with E-state index in [0.717, 1.165) is 18.4 Å². The molecule has 1 aliphatic heterocycles. The first-order valence-electron chi connectivity index (χ1n) is 10.4. The Morgan fingerprint density at radius 2 is 1.72 bits per heavy atom. The molecule has 2 rings (SSSR count). The van der Waals surface area contributed by atoms with Gasteiger partial charge in [-0.25, -0.2) is 0 Å². The van der Waals surface area contributed by atoms with E-state index < -0.39 is 12.1 Å². The van der Waals surface area contributed by atoms with Gasteiger partial charge in [-0.3, -0.25) is 14.4 Å². The van der Waals surface area contributed by atoms with Gasteiger partial charge in [0.2, 0.25) is 0 Å². The van der Waals surface area contributed by atoms with Crippen molar-refractivity contribution in [3.05, 3.63) is 35.4 Å². The topological polar surface area (TPSA) is 75.7 Å².